The standard InChI is InChI=1S/C16H22N2O6/c1-16(2,3)24-15(20)17-10-11-5-7-13(18(21)22)12(9-11)6-8-14(19)23-4/h5,7,9H,6,8,10H2,1-4H3,(H,17,20). The van der Waals surface area contributed by atoms with Crippen molar-refractivity contribution >= 4 is 17.7 Å². The monoisotopic (exact) mass is 338 g/mol. The van der Waals surface area contributed by atoms with Crippen molar-refractivity contribution in [2.75, 3.05) is 7.11 Å². The molecule has 0 spiro atoms. The largest absolute Gasteiger partial charge is 0.469 e. The molecule has 1 aromatic carbocycles. The van der Waals surface area contributed by atoms with Gasteiger partial charge in [0, 0.05) is 24.6 Å². The molecule has 0 saturated carbocycles. The lowest BCUT2D eigenvalue weighted by atomic mass is 10.0. The number of hydrogen-bond acceptors (Lipinski definition) is 6. The number of nitrogens with zero attached hydrogens (tertiary/aromatic N) is 1. The lowest BCUT2D eigenvalue weighted by Gasteiger charge is -2.19. The van der Waals surface area contributed by atoms with Crippen molar-refractivity contribution in [2.24, 2.45) is 0 Å². The lowest BCUT2D eigenvalue weighted by molar-refractivity contribution is -0.385. The Morgan fingerprint density at radius 3 is 2.50 bits per heavy atom. The van der Waals surface area contributed by atoms with Crippen LogP contribution in [0.15, 0.2) is 18.2 Å². The van der Waals surface area contributed by atoms with Gasteiger partial charge in [0.05, 0.1) is 12.0 Å². The van der Waals surface area contributed by atoms with Gasteiger partial charge in [0.1, 0.15) is 5.60 Å². The molecule has 8 nitrogen and oxygen atoms in total. The van der Waals surface area contributed by atoms with E-state index in [9.17, 15) is 19.7 Å². The Morgan fingerprint density at radius 2 is 1.96 bits per heavy atom. The molecule has 132 valence electrons. The third-order valence-electron chi connectivity index (χ3n) is 3.00. The highest BCUT2D eigenvalue weighted by Gasteiger charge is 2.18. The number of esters is 1. The summed E-state index contributed by atoms with van der Waals surface area (Å²) < 4.78 is 9.67. The van der Waals surface area contributed by atoms with Gasteiger partial charge in [-0.25, -0.2) is 4.79 Å². The molecule has 0 bridgehead atoms. The van der Waals surface area contributed by atoms with Crippen molar-refractivity contribution in [1.82, 2.24) is 5.32 Å². The van der Waals surface area contributed by atoms with Gasteiger partial charge in [-0.3, -0.25) is 14.9 Å². The topological polar surface area (TPSA) is 108 Å². The molecule has 0 fully saturated rings. The number of carbonyl (C=O) groups is 2. The molecule has 1 rings (SSSR count). The lowest BCUT2D eigenvalue weighted by Crippen LogP contribution is -2.32. The number of rotatable bonds is 6. The molecule has 24 heavy (non-hydrogen) atoms. The van der Waals surface area contributed by atoms with Crippen molar-refractivity contribution in [3.63, 3.8) is 0 Å². The van der Waals surface area contributed by atoms with E-state index in [4.69, 9.17) is 4.74 Å². The second kappa shape index (κ2) is 8.28. The zero-order valence-corrected chi connectivity index (χ0v) is 14.3. The Labute approximate surface area is 140 Å². The van der Waals surface area contributed by atoms with Crippen molar-refractivity contribution in [3.8, 4) is 0 Å². The van der Waals surface area contributed by atoms with E-state index >= 15 is 0 Å². The van der Waals surface area contributed by atoms with Gasteiger partial charge in [0.25, 0.3) is 5.69 Å². The number of benzene rings is 1. The zero-order valence-electron chi connectivity index (χ0n) is 14.3. The summed E-state index contributed by atoms with van der Waals surface area (Å²) in [7, 11) is 1.26. The minimum Gasteiger partial charge on any atom is -0.469 e. The van der Waals surface area contributed by atoms with E-state index in [1.807, 2.05) is 0 Å². The van der Waals surface area contributed by atoms with E-state index in [1.54, 1.807) is 32.9 Å². The molecule has 1 N–H and O–H groups in total. The van der Waals surface area contributed by atoms with Gasteiger partial charge in [-0.05, 0) is 38.8 Å². The third-order valence-corrected chi connectivity index (χ3v) is 3.00. The molecule has 0 radical (unpaired) electrons. The second-order valence-electron chi connectivity index (χ2n) is 6.15. The van der Waals surface area contributed by atoms with Crippen molar-refractivity contribution in [2.45, 2.75) is 45.8 Å². The summed E-state index contributed by atoms with van der Waals surface area (Å²) in [6.45, 7) is 5.42. The van der Waals surface area contributed by atoms with Crippen LogP contribution in [0.25, 0.3) is 0 Å². The number of ether oxygens (including phenoxy) is 2. The SMILES string of the molecule is COC(=O)CCc1cc(CNC(=O)OC(C)(C)C)ccc1[N+](=O)[O-]. The molecule has 0 aromatic heterocycles. The Balaban J connectivity index is 2.80. The molecule has 0 heterocycles. The number of nitro benzene ring substituents is 1. The maximum absolute atomic E-state index is 11.6. The van der Waals surface area contributed by atoms with E-state index in [0.717, 1.165) is 0 Å². The molecule has 0 aliphatic carbocycles. The fraction of sp³-hybridized carbons (Fsp3) is 0.500. The molecule has 0 unspecified atom stereocenters. The summed E-state index contributed by atoms with van der Waals surface area (Å²) in [5, 5.41) is 13.7. The first-order valence-corrected chi connectivity index (χ1v) is 7.42. The average Bonchev–Trinajstić information content (AvgIpc) is 2.48. The van der Waals surface area contributed by atoms with Crippen LogP contribution in [0, 0.1) is 10.1 Å². The summed E-state index contributed by atoms with van der Waals surface area (Å²) in [4.78, 5) is 33.4. The van der Waals surface area contributed by atoms with Crippen LogP contribution in [0.2, 0.25) is 0 Å². The minimum atomic E-state index is -0.606. The van der Waals surface area contributed by atoms with Gasteiger partial charge in [-0.15, -0.1) is 0 Å². The Morgan fingerprint density at radius 1 is 1.29 bits per heavy atom. The van der Waals surface area contributed by atoms with Crippen LogP contribution in [0.1, 0.15) is 38.3 Å². The number of aryl methyl sites for hydroxylation is 1. The first kappa shape index (κ1) is 19.4. The zero-order chi connectivity index (χ0) is 18.3. The summed E-state index contributed by atoms with van der Waals surface area (Å²) in [5.74, 6) is -0.443. The van der Waals surface area contributed by atoms with Crippen molar-refractivity contribution in [3.05, 3.63) is 39.4 Å². The minimum absolute atomic E-state index is 0.0420. The van der Waals surface area contributed by atoms with Gasteiger partial charge in [-0.1, -0.05) is 6.07 Å². The number of hydrogen-bond donors (Lipinski definition) is 1. The van der Waals surface area contributed by atoms with Gasteiger partial charge >= 0.3 is 12.1 Å². The molecular weight excluding hydrogens is 316 g/mol. The van der Waals surface area contributed by atoms with Crippen LogP contribution >= 0.6 is 0 Å². The molecule has 1 aromatic rings. The van der Waals surface area contributed by atoms with Gasteiger partial charge in [-0.2, -0.15) is 0 Å². The Hall–Kier alpha value is -2.64. The number of carbonyl (C=O) groups excluding carboxylic acids is 2. The highest BCUT2D eigenvalue weighted by atomic mass is 16.6. The van der Waals surface area contributed by atoms with Gasteiger partial charge in [0.2, 0.25) is 0 Å². The second-order valence-corrected chi connectivity index (χ2v) is 6.15. The summed E-state index contributed by atoms with van der Waals surface area (Å²) in [6.07, 6.45) is -0.347. The molecule has 0 aliphatic heterocycles. The van der Waals surface area contributed by atoms with Crippen LogP contribution in [-0.4, -0.2) is 29.7 Å². The highest BCUT2D eigenvalue weighted by molar-refractivity contribution is 5.70. The summed E-state index contributed by atoms with van der Waals surface area (Å²) in [5.41, 5.74) is 0.408. The van der Waals surface area contributed by atoms with Crippen LogP contribution in [-0.2, 0) is 27.2 Å². The predicted molar refractivity (Wildman–Crippen MR) is 86.5 cm³/mol. The van der Waals surface area contributed by atoms with Crippen LogP contribution in [0.5, 0.6) is 0 Å². The maximum Gasteiger partial charge on any atom is 0.407 e. The van der Waals surface area contributed by atoms with Gasteiger partial charge in [0.15, 0.2) is 0 Å². The molecular formula is C16H22N2O6. The number of amides is 1. The van der Waals surface area contributed by atoms with E-state index in [2.05, 4.69) is 10.1 Å². The normalized spacial score (nSPS) is 10.8. The first-order chi connectivity index (χ1) is 11.1. The molecule has 0 atom stereocenters. The van der Waals surface area contributed by atoms with E-state index in [0.29, 0.717) is 11.1 Å². The number of nitrogens with one attached hydrogen (secondary N) is 1. The van der Waals surface area contributed by atoms with Crippen LogP contribution in [0.3, 0.4) is 0 Å². The number of nitro groups is 1. The first-order valence-electron chi connectivity index (χ1n) is 7.42. The predicted octanol–water partition coefficient (Wildman–Crippen LogP) is 2.73. The highest BCUT2D eigenvalue weighted by Crippen LogP contribution is 2.22. The Bertz CT molecular complexity index is 621. The fourth-order valence-corrected chi connectivity index (χ4v) is 1.95. The van der Waals surface area contributed by atoms with Crippen molar-refractivity contribution in [1.29, 1.82) is 0 Å². The molecule has 1 amide bonds. The van der Waals surface area contributed by atoms with E-state index in [1.165, 1.54) is 13.2 Å². The van der Waals surface area contributed by atoms with Crippen LogP contribution < -0.4 is 5.32 Å². The molecule has 0 saturated heterocycles. The summed E-state index contributed by atoms with van der Waals surface area (Å²) in [6, 6.07) is 4.51. The quantitative estimate of drug-likeness (QED) is 0.485. The third kappa shape index (κ3) is 6.64. The molecule has 0 aliphatic rings. The van der Waals surface area contributed by atoms with Crippen LogP contribution in [0.4, 0.5) is 10.5 Å². The maximum atomic E-state index is 11.6. The van der Waals surface area contributed by atoms with Gasteiger partial charge < -0.3 is 14.8 Å². The van der Waals surface area contributed by atoms with Crippen molar-refractivity contribution < 1.29 is 24.0 Å². The number of methoxy groups -OCH3 is 1. The molecule has 8 heteroatoms. The number of alkyl carbamates (subject to hydrolysis) is 1. The van der Waals surface area contributed by atoms with E-state index in [-0.39, 0.29) is 25.1 Å². The van der Waals surface area contributed by atoms with E-state index < -0.39 is 22.6 Å². The fourth-order valence-electron chi connectivity index (χ4n) is 1.95. The smallest absolute Gasteiger partial charge is 0.407 e. The average molecular weight is 338 g/mol. The summed E-state index contributed by atoms with van der Waals surface area (Å²) >= 11 is 0. The Kier molecular flexibility index (Phi) is 6.69.